The molecule has 7 nitrogen and oxygen atoms in total. The number of anilines is 1. The summed E-state index contributed by atoms with van der Waals surface area (Å²) in [5, 5.41) is 23.7. The van der Waals surface area contributed by atoms with Gasteiger partial charge in [0.05, 0.1) is 17.3 Å². The number of benzene rings is 1. The molecule has 1 fully saturated rings. The summed E-state index contributed by atoms with van der Waals surface area (Å²) in [5.41, 5.74) is 3.33. The Morgan fingerprint density at radius 1 is 1.26 bits per heavy atom. The van der Waals surface area contributed by atoms with Crippen molar-refractivity contribution < 1.29 is 9.36 Å². The van der Waals surface area contributed by atoms with Crippen molar-refractivity contribution in [3.05, 3.63) is 62.9 Å². The van der Waals surface area contributed by atoms with Crippen LogP contribution in [0.3, 0.4) is 0 Å². The number of aromatic nitrogens is 2. The number of rotatable bonds is 6. The molecule has 0 bridgehead atoms. The van der Waals surface area contributed by atoms with Crippen LogP contribution in [0.15, 0.2) is 30.1 Å². The Bertz CT molecular complexity index is 1340. The molecule has 2 heterocycles. The molecule has 1 aliphatic heterocycles. The molecule has 35 heavy (non-hydrogen) atoms. The van der Waals surface area contributed by atoms with Gasteiger partial charge in [-0.2, -0.15) is 10.4 Å². The third-order valence-electron chi connectivity index (χ3n) is 6.64. The second-order valence-corrected chi connectivity index (χ2v) is 12.5. The molecular weight excluding hydrogens is 457 g/mol. The quantitative estimate of drug-likeness (QED) is 0.621. The predicted octanol–water partition coefficient (Wildman–Crippen LogP) is 3.53. The minimum Gasteiger partial charge on any atom is -0.364 e. The fraction of sp³-hybridized carbons (Fsp3) is 0.407. The van der Waals surface area contributed by atoms with Crippen LogP contribution in [-0.4, -0.2) is 46.4 Å². The second-order valence-electron chi connectivity index (χ2n) is 9.26. The number of hydrogen-bond donors (Lipinski definition) is 1. The van der Waals surface area contributed by atoms with Crippen molar-refractivity contribution in [1.29, 1.82) is 5.26 Å². The number of nitriles is 1. The van der Waals surface area contributed by atoms with Crippen molar-refractivity contribution in [2.75, 3.05) is 30.7 Å². The highest BCUT2D eigenvalue weighted by Gasteiger charge is 2.33. The SMILES string of the molecule is C=C(/C=c1/c(NCc2cccc(C#N)c2C)nnc(C)/c1=C/C)P1(=O)CCN(C(=O)C(C)C)CC1. The van der Waals surface area contributed by atoms with E-state index in [9.17, 15) is 14.6 Å². The van der Waals surface area contributed by atoms with Gasteiger partial charge in [-0.25, -0.2) is 0 Å². The van der Waals surface area contributed by atoms with Crippen molar-refractivity contribution >= 4 is 31.0 Å². The van der Waals surface area contributed by atoms with Crippen molar-refractivity contribution in [2.45, 2.75) is 41.2 Å². The summed E-state index contributed by atoms with van der Waals surface area (Å²) < 4.78 is 13.8. The van der Waals surface area contributed by atoms with E-state index in [1.807, 2.05) is 63.8 Å². The Morgan fingerprint density at radius 3 is 2.54 bits per heavy atom. The topological polar surface area (TPSA) is 99.0 Å². The molecule has 1 N–H and O–H groups in total. The maximum atomic E-state index is 13.8. The summed E-state index contributed by atoms with van der Waals surface area (Å²) in [7, 11) is -2.71. The van der Waals surface area contributed by atoms with Gasteiger partial charge in [-0.05, 0) is 44.0 Å². The van der Waals surface area contributed by atoms with Gasteiger partial charge >= 0.3 is 0 Å². The molecule has 0 saturated carbocycles. The summed E-state index contributed by atoms with van der Waals surface area (Å²) in [6.45, 7) is 15.2. The highest BCUT2D eigenvalue weighted by molar-refractivity contribution is 7.68. The minimum absolute atomic E-state index is 0.0677. The first-order valence-corrected chi connectivity index (χ1v) is 14.0. The van der Waals surface area contributed by atoms with Gasteiger partial charge in [0.15, 0.2) is 5.82 Å². The molecule has 1 aromatic carbocycles. The van der Waals surface area contributed by atoms with Crippen LogP contribution in [0.25, 0.3) is 12.2 Å². The normalized spacial score (nSPS) is 16.3. The third-order valence-corrected chi connectivity index (χ3v) is 9.66. The number of hydrogen-bond acceptors (Lipinski definition) is 6. The van der Waals surface area contributed by atoms with Crippen molar-refractivity contribution in [3.63, 3.8) is 0 Å². The molecule has 8 heteroatoms. The smallest absolute Gasteiger partial charge is 0.225 e. The van der Waals surface area contributed by atoms with Crippen molar-refractivity contribution in [2.24, 2.45) is 5.92 Å². The summed E-state index contributed by atoms with van der Waals surface area (Å²) >= 11 is 0. The number of carbonyl (C=O) groups excluding carboxylic acids is 1. The van der Waals surface area contributed by atoms with Crippen LogP contribution in [-0.2, 0) is 15.9 Å². The van der Waals surface area contributed by atoms with Crippen molar-refractivity contribution in [3.8, 4) is 6.07 Å². The molecule has 0 aliphatic carbocycles. The van der Waals surface area contributed by atoms with Gasteiger partial charge in [0, 0.05) is 53.6 Å². The van der Waals surface area contributed by atoms with E-state index in [0.29, 0.717) is 48.7 Å². The molecule has 1 saturated heterocycles. The Balaban J connectivity index is 1.93. The molecule has 0 spiro atoms. The predicted molar refractivity (Wildman–Crippen MR) is 142 cm³/mol. The van der Waals surface area contributed by atoms with E-state index in [1.165, 1.54) is 0 Å². The van der Waals surface area contributed by atoms with Crippen LogP contribution >= 0.6 is 7.14 Å². The largest absolute Gasteiger partial charge is 0.364 e. The summed E-state index contributed by atoms with van der Waals surface area (Å²) in [5.74, 6) is 0.610. The molecule has 0 atom stereocenters. The highest BCUT2D eigenvalue weighted by atomic mass is 31.2. The minimum atomic E-state index is -2.71. The second kappa shape index (κ2) is 11.0. The van der Waals surface area contributed by atoms with E-state index in [1.54, 1.807) is 6.07 Å². The molecule has 1 aliphatic rings. The first kappa shape index (κ1) is 26.4. The van der Waals surface area contributed by atoms with Gasteiger partial charge in [0.1, 0.15) is 7.14 Å². The number of allylic oxidation sites excluding steroid dienone is 1. The zero-order valence-corrected chi connectivity index (χ0v) is 22.2. The Hall–Kier alpha value is -3.23. The first-order chi connectivity index (χ1) is 16.6. The molecule has 184 valence electrons. The number of nitrogens with one attached hydrogen (secondary N) is 1. The number of aryl methyl sites for hydroxylation is 1. The van der Waals surface area contributed by atoms with Gasteiger partial charge in [-0.3, -0.25) is 4.79 Å². The van der Waals surface area contributed by atoms with Gasteiger partial charge < -0.3 is 14.8 Å². The van der Waals surface area contributed by atoms with Crippen LogP contribution in [0.1, 0.15) is 43.2 Å². The lowest BCUT2D eigenvalue weighted by Crippen LogP contribution is -2.41. The molecule has 1 amide bonds. The van der Waals surface area contributed by atoms with E-state index in [-0.39, 0.29) is 11.8 Å². The molecule has 0 unspecified atom stereocenters. The zero-order chi connectivity index (χ0) is 25.8. The maximum Gasteiger partial charge on any atom is 0.225 e. The lowest BCUT2D eigenvalue weighted by Gasteiger charge is -2.33. The number of amides is 1. The lowest BCUT2D eigenvalue weighted by molar-refractivity contribution is -0.134. The molecule has 2 aromatic rings. The zero-order valence-electron chi connectivity index (χ0n) is 21.3. The Kier molecular flexibility index (Phi) is 8.30. The van der Waals surface area contributed by atoms with E-state index in [2.05, 4.69) is 28.2 Å². The number of nitrogens with zero attached hydrogens (tertiary/aromatic N) is 4. The van der Waals surface area contributed by atoms with E-state index in [4.69, 9.17) is 0 Å². The summed E-state index contributed by atoms with van der Waals surface area (Å²) in [4.78, 5) is 14.2. The van der Waals surface area contributed by atoms with Crippen LogP contribution in [0.2, 0.25) is 0 Å². The average molecular weight is 492 g/mol. The van der Waals surface area contributed by atoms with Gasteiger partial charge in [0.2, 0.25) is 5.91 Å². The third kappa shape index (κ3) is 5.71. The molecular formula is C27H34N5O2P. The van der Waals surface area contributed by atoms with Gasteiger partial charge in [0.25, 0.3) is 0 Å². The van der Waals surface area contributed by atoms with Crippen LogP contribution in [0.5, 0.6) is 0 Å². The fourth-order valence-corrected chi connectivity index (χ4v) is 6.61. The average Bonchev–Trinajstić information content (AvgIpc) is 2.84. The van der Waals surface area contributed by atoms with E-state index < -0.39 is 7.14 Å². The molecule has 1 aromatic heterocycles. The van der Waals surface area contributed by atoms with Crippen LogP contribution < -0.4 is 15.8 Å². The van der Waals surface area contributed by atoms with E-state index in [0.717, 1.165) is 27.3 Å². The van der Waals surface area contributed by atoms with Crippen LogP contribution in [0, 0.1) is 31.1 Å². The van der Waals surface area contributed by atoms with Gasteiger partial charge in [-0.1, -0.05) is 38.6 Å². The summed E-state index contributed by atoms with van der Waals surface area (Å²) in [6.07, 6.45) is 4.72. The molecule has 3 rings (SSSR count). The first-order valence-electron chi connectivity index (χ1n) is 11.9. The highest BCUT2D eigenvalue weighted by Crippen LogP contribution is 2.55. The number of carbonyl (C=O) groups is 1. The van der Waals surface area contributed by atoms with Crippen LogP contribution in [0.4, 0.5) is 5.82 Å². The standard InChI is InChI=1S/C27H34N5O2P/c1-7-24-21(6)30-31-26(29-17-23-10-8-9-22(16-28)20(23)5)25(24)15-19(4)35(34)13-11-32(12-14-35)27(33)18(2)3/h7-10,15,18H,4,11-14,17H2,1-3,5-6H3,(H,29,31)/b24-7-,25-15+. The lowest BCUT2D eigenvalue weighted by atomic mass is 10.0. The molecule has 0 radical (unpaired) electrons. The van der Waals surface area contributed by atoms with Crippen molar-refractivity contribution in [1.82, 2.24) is 15.1 Å². The monoisotopic (exact) mass is 491 g/mol. The Labute approximate surface area is 207 Å². The maximum absolute atomic E-state index is 13.8. The van der Waals surface area contributed by atoms with E-state index >= 15 is 0 Å². The van der Waals surface area contributed by atoms with Gasteiger partial charge in [-0.15, -0.1) is 5.10 Å². The fourth-order valence-electron chi connectivity index (χ4n) is 4.32. The Morgan fingerprint density at radius 2 is 1.94 bits per heavy atom. The summed E-state index contributed by atoms with van der Waals surface area (Å²) in [6, 6.07) is 7.86.